The Morgan fingerprint density at radius 2 is 2.00 bits per heavy atom. The number of benzene rings is 1. The van der Waals surface area contributed by atoms with Crippen LogP contribution in [0.25, 0.3) is 0 Å². The summed E-state index contributed by atoms with van der Waals surface area (Å²) in [7, 11) is 1.69. The largest absolute Gasteiger partial charge is 0.496 e. The van der Waals surface area contributed by atoms with E-state index in [1.54, 1.807) is 7.11 Å². The second-order valence-corrected chi connectivity index (χ2v) is 8.04. The highest BCUT2D eigenvalue weighted by Crippen LogP contribution is 2.35. The van der Waals surface area contributed by atoms with Crippen LogP contribution in [0.3, 0.4) is 0 Å². The zero-order chi connectivity index (χ0) is 21.5. The van der Waals surface area contributed by atoms with Gasteiger partial charge in [0.05, 0.1) is 26.2 Å². The van der Waals surface area contributed by atoms with Gasteiger partial charge in [0, 0.05) is 30.1 Å². The van der Waals surface area contributed by atoms with Crippen molar-refractivity contribution in [2.24, 2.45) is 10.9 Å². The molecule has 7 heteroatoms. The average molecular weight is 418 g/mol. The molecule has 1 aliphatic carbocycles. The molecular weight excluding hydrogens is 382 g/mol. The van der Waals surface area contributed by atoms with Gasteiger partial charge in [0.15, 0.2) is 5.96 Å². The van der Waals surface area contributed by atoms with Crippen LogP contribution in [0.15, 0.2) is 17.1 Å². The number of fused-ring (bicyclic) bond motifs is 1. The first kappa shape index (κ1) is 22.2. The van der Waals surface area contributed by atoms with Crippen molar-refractivity contribution in [3.63, 3.8) is 0 Å². The highest BCUT2D eigenvalue weighted by Gasteiger charge is 2.27. The number of nitrogens with one attached hydrogen (secondary N) is 2. The maximum absolute atomic E-state index is 11.9. The van der Waals surface area contributed by atoms with Crippen LogP contribution >= 0.6 is 0 Å². The molecule has 3 rings (SSSR count). The number of nitrogens with zero attached hydrogens (tertiary/aromatic N) is 1. The lowest BCUT2D eigenvalue weighted by molar-refractivity contribution is -0.149. The Labute approximate surface area is 179 Å². The molecule has 0 amide bonds. The summed E-state index contributed by atoms with van der Waals surface area (Å²) in [4.78, 5) is 16.7. The minimum atomic E-state index is -0.0586. The van der Waals surface area contributed by atoms with E-state index in [2.05, 4.69) is 36.6 Å². The molecule has 1 unspecified atom stereocenters. The molecule has 1 heterocycles. The van der Waals surface area contributed by atoms with Gasteiger partial charge in [0.1, 0.15) is 17.6 Å². The Morgan fingerprint density at radius 3 is 2.67 bits per heavy atom. The third-order valence-electron chi connectivity index (χ3n) is 5.74. The number of carbonyl (C=O) groups excluding carboxylic acids is 1. The van der Waals surface area contributed by atoms with Crippen LogP contribution in [-0.4, -0.2) is 44.3 Å². The number of esters is 1. The standard InChI is InChI=1S/C23H35N3O4/c1-5-24-23(26-19-9-7-16(8-10-19)22(27)29-6-2)25-14-18-13-21-17(11-15(3)30-21)12-20(18)28-4/h12-13,15-16,19H,5-11,14H2,1-4H3,(H2,24,25,26). The van der Waals surface area contributed by atoms with Crippen molar-refractivity contribution in [3.05, 3.63) is 23.3 Å². The third-order valence-corrected chi connectivity index (χ3v) is 5.74. The summed E-state index contributed by atoms with van der Waals surface area (Å²) in [5.41, 5.74) is 2.20. The topological polar surface area (TPSA) is 81.2 Å². The van der Waals surface area contributed by atoms with Crippen LogP contribution in [0.1, 0.15) is 57.6 Å². The molecule has 1 saturated carbocycles. The van der Waals surface area contributed by atoms with Crippen LogP contribution in [0.2, 0.25) is 0 Å². The number of hydrogen-bond donors (Lipinski definition) is 2. The van der Waals surface area contributed by atoms with E-state index in [4.69, 9.17) is 19.2 Å². The van der Waals surface area contributed by atoms with Gasteiger partial charge in [-0.2, -0.15) is 0 Å². The highest BCUT2D eigenvalue weighted by atomic mass is 16.5. The summed E-state index contributed by atoms with van der Waals surface area (Å²) in [6.45, 7) is 7.72. The number of guanidine groups is 1. The molecule has 1 atom stereocenters. The maximum Gasteiger partial charge on any atom is 0.308 e. The fraction of sp³-hybridized carbons (Fsp3) is 0.652. The Bertz CT molecular complexity index is 757. The quantitative estimate of drug-likeness (QED) is 0.403. The highest BCUT2D eigenvalue weighted by molar-refractivity contribution is 5.80. The molecule has 0 aromatic heterocycles. The Balaban J connectivity index is 1.62. The number of ether oxygens (including phenoxy) is 3. The van der Waals surface area contributed by atoms with E-state index in [0.717, 1.165) is 61.7 Å². The first-order valence-corrected chi connectivity index (χ1v) is 11.1. The average Bonchev–Trinajstić information content (AvgIpc) is 3.10. The lowest BCUT2D eigenvalue weighted by Gasteiger charge is -2.29. The Hall–Kier alpha value is -2.44. The van der Waals surface area contributed by atoms with Crippen molar-refractivity contribution in [1.29, 1.82) is 0 Å². The molecule has 0 bridgehead atoms. The lowest BCUT2D eigenvalue weighted by Crippen LogP contribution is -2.45. The summed E-state index contributed by atoms with van der Waals surface area (Å²) in [5.74, 6) is 2.54. The van der Waals surface area contributed by atoms with E-state index < -0.39 is 0 Å². The van der Waals surface area contributed by atoms with Gasteiger partial charge in [0.25, 0.3) is 0 Å². The molecule has 1 aliphatic heterocycles. The van der Waals surface area contributed by atoms with E-state index in [1.165, 1.54) is 5.56 Å². The van der Waals surface area contributed by atoms with Crippen molar-refractivity contribution in [2.45, 2.75) is 71.6 Å². The van der Waals surface area contributed by atoms with Gasteiger partial charge < -0.3 is 24.8 Å². The van der Waals surface area contributed by atoms with Gasteiger partial charge in [-0.15, -0.1) is 0 Å². The Morgan fingerprint density at radius 1 is 1.23 bits per heavy atom. The monoisotopic (exact) mass is 417 g/mol. The van der Waals surface area contributed by atoms with E-state index in [1.807, 2.05) is 6.92 Å². The van der Waals surface area contributed by atoms with Crippen LogP contribution in [-0.2, 0) is 22.5 Å². The van der Waals surface area contributed by atoms with Crippen molar-refractivity contribution in [2.75, 3.05) is 20.3 Å². The fourth-order valence-corrected chi connectivity index (χ4v) is 4.21. The summed E-state index contributed by atoms with van der Waals surface area (Å²) in [6, 6.07) is 4.43. The van der Waals surface area contributed by atoms with E-state index in [9.17, 15) is 4.79 Å². The number of hydrogen-bond acceptors (Lipinski definition) is 5. The van der Waals surface area contributed by atoms with Crippen molar-refractivity contribution >= 4 is 11.9 Å². The predicted molar refractivity (Wildman–Crippen MR) is 117 cm³/mol. The van der Waals surface area contributed by atoms with Gasteiger partial charge >= 0.3 is 5.97 Å². The smallest absolute Gasteiger partial charge is 0.308 e. The molecule has 0 spiro atoms. The molecule has 1 fully saturated rings. The molecule has 1 aromatic carbocycles. The summed E-state index contributed by atoms with van der Waals surface area (Å²) >= 11 is 0. The number of methoxy groups -OCH3 is 1. The number of aliphatic imine (C=N–C) groups is 1. The van der Waals surface area contributed by atoms with Gasteiger partial charge in [-0.3, -0.25) is 4.79 Å². The fourth-order valence-electron chi connectivity index (χ4n) is 4.21. The maximum atomic E-state index is 11.9. The summed E-state index contributed by atoms with van der Waals surface area (Å²) in [5, 5.41) is 6.86. The van der Waals surface area contributed by atoms with Crippen LogP contribution in [0, 0.1) is 5.92 Å². The normalized spacial score (nSPS) is 23.3. The van der Waals surface area contributed by atoms with Gasteiger partial charge in [-0.25, -0.2) is 4.99 Å². The first-order valence-electron chi connectivity index (χ1n) is 11.1. The van der Waals surface area contributed by atoms with Crippen LogP contribution in [0.4, 0.5) is 0 Å². The second-order valence-electron chi connectivity index (χ2n) is 8.04. The van der Waals surface area contributed by atoms with E-state index in [-0.39, 0.29) is 18.0 Å². The molecule has 166 valence electrons. The molecular formula is C23H35N3O4. The number of rotatable bonds is 7. The minimum Gasteiger partial charge on any atom is -0.496 e. The molecule has 1 aromatic rings. The predicted octanol–water partition coefficient (Wildman–Crippen LogP) is 3.20. The Kier molecular flexibility index (Phi) is 7.82. The van der Waals surface area contributed by atoms with E-state index in [0.29, 0.717) is 19.2 Å². The zero-order valence-corrected chi connectivity index (χ0v) is 18.6. The summed E-state index contributed by atoms with van der Waals surface area (Å²) in [6.07, 6.45) is 4.68. The first-order chi connectivity index (χ1) is 14.5. The number of carbonyl (C=O) groups is 1. The molecule has 30 heavy (non-hydrogen) atoms. The molecule has 2 aliphatic rings. The van der Waals surface area contributed by atoms with Crippen molar-refractivity contribution in [3.8, 4) is 11.5 Å². The minimum absolute atomic E-state index is 0.0283. The molecule has 2 N–H and O–H groups in total. The lowest BCUT2D eigenvalue weighted by atomic mass is 9.86. The SMILES string of the molecule is CCNC(=NCc1cc2c(cc1OC)CC(C)O2)NC1CCC(C(=O)OCC)CC1. The van der Waals surface area contributed by atoms with Gasteiger partial charge in [-0.1, -0.05) is 0 Å². The molecule has 7 nitrogen and oxygen atoms in total. The van der Waals surface area contributed by atoms with E-state index >= 15 is 0 Å². The van der Waals surface area contributed by atoms with Crippen molar-refractivity contribution < 1.29 is 19.0 Å². The van der Waals surface area contributed by atoms with Gasteiger partial charge in [-0.05, 0) is 58.6 Å². The van der Waals surface area contributed by atoms with Gasteiger partial charge in [0.2, 0.25) is 0 Å². The van der Waals surface area contributed by atoms with Crippen LogP contribution in [0.5, 0.6) is 11.5 Å². The molecule has 0 radical (unpaired) electrons. The second kappa shape index (κ2) is 10.5. The van der Waals surface area contributed by atoms with Crippen molar-refractivity contribution in [1.82, 2.24) is 10.6 Å². The third kappa shape index (κ3) is 5.58. The summed E-state index contributed by atoms with van der Waals surface area (Å²) < 4.78 is 16.7. The zero-order valence-electron chi connectivity index (χ0n) is 18.6. The molecule has 0 saturated heterocycles. The van der Waals surface area contributed by atoms with Crippen LogP contribution < -0.4 is 20.1 Å².